The second-order valence-corrected chi connectivity index (χ2v) is 6.48. The largest absolute Gasteiger partial charge is 0.351 e. The normalized spacial score (nSPS) is 12.2. The lowest BCUT2D eigenvalue weighted by Gasteiger charge is -2.06. The molecule has 0 radical (unpaired) electrons. The molecule has 16 heavy (non-hydrogen) atoms. The van der Waals surface area contributed by atoms with Crippen LogP contribution in [0.2, 0.25) is 0 Å². The van der Waals surface area contributed by atoms with Crippen LogP contribution in [0.15, 0.2) is 27.1 Å². The maximum atomic E-state index is 11.7. The average Bonchev–Trinajstić information content (AvgIpc) is 2.16. The number of carbonyl (C=O) groups excluding carboxylic acids is 1. The summed E-state index contributed by atoms with van der Waals surface area (Å²) < 4.78 is 12.5. The van der Waals surface area contributed by atoms with Crippen LogP contribution in [0.1, 0.15) is 10.4 Å². The third kappa shape index (κ3) is 4.35. The fourth-order valence-corrected chi connectivity index (χ4v) is 2.69. The molecular weight excluding hydrogens is 358 g/mol. The molecule has 1 aromatic carbocycles. The van der Waals surface area contributed by atoms with Crippen molar-refractivity contribution in [2.45, 2.75) is 0 Å². The Morgan fingerprint density at radius 3 is 2.69 bits per heavy atom. The number of nitrogens with one attached hydrogen (secondary N) is 1. The van der Waals surface area contributed by atoms with Crippen LogP contribution in [-0.2, 0) is 10.8 Å². The summed E-state index contributed by atoms with van der Waals surface area (Å²) in [6.45, 7) is 0.421. The van der Waals surface area contributed by atoms with Gasteiger partial charge in [0.1, 0.15) is 0 Å². The molecule has 0 aliphatic rings. The molecule has 3 nitrogen and oxygen atoms in total. The molecule has 0 aliphatic heterocycles. The first kappa shape index (κ1) is 13.9. The van der Waals surface area contributed by atoms with Crippen molar-refractivity contribution in [3.63, 3.8) is 0 Å². The minimum atomic E-state index is -0.881. The fourth-order valence-electron chi connectivity index (χ4n) is 1.08. The summed E-state index contributed by atoms with van der Waals surface area (Å²) >= 11 is 6.63. The Morgan fingerprint density at radius 1 is 1.44 bits per heavy atom. The lowest BCUT2D eigenvalue weighted by molar-refractivity contribution is 0.0955. The molecule has 0 heterocycles. The van der Waals surface area contributed by atoms with Gasteiger partial charge in [-0.1, -0.05) is 15.9 Å². The van der Waals surface area contributed by atoms with Gasteiger partial charge in [0.25, 0.3) is 5.91 Å². The average molecular weight is 369 g/mol. The van der Waals surface area contributed by atoms with Crippen LogP contribution in [0.4, 0.5) is 0 Å². The number of hydrogen-bond donors (Lipinski definition) is 1. The number of hydrogen-bond acceptors (Lipinski definition) is 2. The lowest BCUT2D eigenvalue weighted by atomic mass is 10.2. The highest BCUT2D eigenvalue weighted by Gasteiger charge is 2.09. The topological polar surface area (TPSA) is 46.2 Å². The molecule has 0 spiro atoms. The van der Waals surface area contributed by atoms with Gasteiger partial charge in [0.05, 0.1) is 5.56 Å². The van der Waals surface area contributed by atoms with Crippen molar-refractivity contribution in [2.24, 2.45) is 0 Å². The van der Waals surface area contributed by atoms with Gasteiger partial charge in [-0.25, -0.2) is 0 Å². The van der Waals surface area contributed by atoms with Crippen LogP contribution in [0.3, 0.4) is 0 Å². The fraction of sp³-hybridized carbons (Fsp3) is 0.300. The Hall–Kier alpha value is -0.200. The third-order valence-electron chi connectivity index (χ3n) is 1.85. The summed E-state index contributed by atoms with van der Waals surface area (Å²) in [5.74, 6) is 0.310. The lowest BCUT2D eigenvalue weighted by Crippen LogP contribution is -2.27. The Kier molecular flexibility index (Phi) is 5.64. The molecular formula is C10H11Br2NO2S. The van der Waals surface area contributed by atoms with Crippen molar-refractivity contribution in [1.29, 1.82) is 0 Å². The van der Waals surface area contributed by atoms with E-state index in [1.54, 1.807) is 18.4 Å². The standard InChI is InChI=1S/C10H11Br2NO2S/c1-16(15)5-4-13-10(14)8-3-2-7(11)6-9(8)12/h2-3,6H,4-5H2,1H3,(H,13,14). The van der Waals surface area contributed by atoms with Gasteiger partial charge < -0.3 is 5.32 Å². The molecule has 1 N–H and O–H groups in total. The second-order valence-electron chi connectivity index (χ2n) is 3.16. The SMILES string of the molecule is CS(=O)CCNC(=O)c1ccc(Br)cc1Br. The van der Waals surface area contributed by atoms with Crippen molar-refractivity contribution in [3.05, 3.63) is 32.7 Å². The number of benzene rings is 1. The van der Waals surface area contributed by atoms with Crippen LogP contribution < -0.4 is 5.32 Å². The Balaban J connectivity index is 2.63. The zero-order valence-corrected chi connectivity index (χ0v) is 12.6. The Bertz CT molecular complexity index is 423. The number of amides is 1. The number of carbonyl (C=O) groups is 1. The first-order chi connectivity index (χ1) is 7.50. The van der Waals surface area contributed by atoms with E-state index in [4.69, 9.17) is 0 Å². The summed E-state index contributed by atoms with van der Waals surface area (Å²) in [5, 5.41) is 2.71. The molecule has 1 rings (SSSR count). The summed E-state index contributed by atoms with van der Waals surface area (Å²) in [6, 6.07) is 5.34. The molecule has 0 aromatic heterocycles. The van der Waals surface area contributed by atoms with E-state index in [1.807, 2.05) is 6.07 Å². The van der Waals surface area contributed by atoms with Crippen molar-refractivity contribution in [1.82, 2.24) is 5.32 Å². The van der Waals surface area contributed by atoms with E-state index in [1.165, 1.54) is 0 Å². The van der Waals surface area contributed by atoms with Crippen molar-refractivity contribution in [2.75, 3.05) is 18.6 Å². The summed E-state index contributed by atoms with van der Waals surface area (Å²) in [4.78, 5) is 11.7. The molecule has 0 fully saturated rings. The monoisotopic (exact) mass is 367 g/mol. The zero-order chi connectivity index (χ0) is 12.1. The van der Waals surface area contributed by atoms with Crippen LogP contribution in [0.5, 0.6) is 0 Å². The van der Waals surface area contributed by atoms with Gasteiger partial charge in [-0.2, -0.15) is 0 Å². The Morgan fingerprint density at radius 2 is 2.12 bits per heavy atom. The predicted octanol–water partition coefficient (Wildman–Crippen LogP) is 2.32. The minimum Gasteiger partial charge on any atom is -0.351 e. The highest BCUT2D eigenvalue weighted by molar-refractivity contribution is 9.11. The zero-order valence-electron chi connectivity index (χ0n) is 8.63. The molecule has 1 aromatic rings. The quantitative estimate of drug-likeness (QED) is 0.886. The van der Waals surface area contributed by atoms with Gasteiger partial charge in [-0.15, -0.1) is 0 Å². The van der Waals surface area contributed by atoms with Gasteiger partial charge >= 0.3 is 0 Å². The van der Waals surface area contributed by atoms with Crippen LogP contribution in [0.25, 0.3) is 0 Å². The Labute approximate surface area is 114 Å². The number of halogens is 2. The van der Waals surface area contributed by atoms with E-state index >= 15 is 0 Å². The van der Waals surface area contributed by atoms with Crippen molar-refractivity contribution < 1.29 is 9.00 Å². The highest BCUT2D eigenvalue weighted by Crippen LogP contribution is 2.21. The molecule has 0 saturated heterocycles. The molecule has 1 atom stereocenters. The van der Waals surface area contributed by atoms with Crippen LogP contribution in [-0.4, -0.2) is 28.7 Å². The number of rotatable bonds is 4. The van der Waals surface area contributed by atoms with E-state index in [9.17, 15) is 9.00 Å². The maximum Gasteiger partial charge on any atom is 0.252 e. The van der Waals surface area contributed by atoms with Crippen molar-refractivity contribution >= 4 is 48.6 Å². The molecule has 0 bridgehead atoms. The van der Waals surface area contributed by atoms with Crippen molar-refractivity contribution in [3.8, 4) is 0 Å². The molecule has 0 aliphatic carbocycles. The minimum absolute atomic E-state index is 0.162. The predicted molar refractivity (Wildman–Crippen MR) is 73.1 cm³/mol. The van der Waals surface area contributed by atoms with E-state index in [-0.39, 0.29) is 5.91 Å². The smallest absolute Gasteiger partial charge is 0.252 e. The van der Waals surface area contributed by atoms with Gasteiger partial charge in [-0.05, 0) is 34.1 Å². The summed E-state index contributed by atoms with van der Waals surface area (Å²) in [5.41, 5.74) is 0.574. The van der Waals surface area contributed by atoms with E-state index in [0.29, 0.717) is 17.9 Å². The highest BCUT2D eigenvalue weighted by atomic mass is 79.9. The third-order valence-corrected chi connectivity index (χ3v) is 3.78. The molecule has 1 unspecified atom stereocenters. The van der Waals surface area contributed by atoms with E-state index < -0.39 is 10.8 Å². The molecule has 1 amide bonds. The summed E-state index contributed by atoms with van der Waals surface area (Å²) in [6.07, 6.45) is 1.61. The van der Waals surface area contributed by atoms with Gasteiger partial charge in [0, 0.05) is 38.3 Å². The first-order valence-electron chi connectivity index (χ1n) is 4.54. The first-order valence-corrected chi connectivity index (χ1v) is 7.85. The molecule has 0 saturated carbocycles. The maximum absolute atomic E-state index is 11.7. The van der Waals surface area contributed by atoms with Gasteiger partial charge in [0.15, 0.2) is 0 Å². The molecule has 6 heteroatoms. The van der Waals surface area contributed by atoms with Crippen LogP contribution >= 0.6 is 31.9 Å². The van der Waals surface area contributed by atoms with Gasteiger partial charge in [0.2, 0.25) is 0 Å². The summed E-state index contributed by atoms with van der Waals surface area (Å²) in [7, 11) is -0.881. The van der Waals surface area contributed by atoms with E-state index in [0.717, 1.165) is 8.95 Å². The van der Waals surface area contributed by atoms with E-state index in [2.05, 4.69) is 37.2 Å². The second kappa shape index (κ2) is 6.51. The molecule has 88 valence electrons. The van der Waals surface area contributed by atoms with Gasteiger partial charge in [-0.3, -0.25) is 9.00 Å². The van der Waals surface area contributed by atoms with Crippen LogP contribution in [0, 0.1) is 0 Å².